The van der Waals surface area contributed by atoms with Gasteiger partial charge >= 0.3 is 0 Å². The standard InChI is InChI=1S/C21H32N4O2/c1-24-8-2-3-14(12-24)13-25-17-6-7-18(25)10-16(9-17)22-21(26)19-11-20(27-23-19)15-4-5-15/h11,14-18H,2-10,12-13H2,1H3,(H,22,26)/t14-,16?,17-,18+/m0/s1. The van der Waals surface area contributed by atoms with Gasteiger partial charge in [-0.25, -0.2) is 0 Å². The molecule has 1 N–H and O–H groups in total. The van der Waals surface area contributed by atoms with E-state index >= 15 is 0 Å². The first-order valence-electron chi connectivity index (χ1n) is 10.9. The summed E-state index contributed by atoms with van der Waals surface area (Å²) in [6.45, 7) is 3.74. The molecule has 4 aliphatic rings. The molecule has 1 aromatic heterocycles. The molecule has 1 amide bonds. The topological polar surface area (TPSA) is 61.6 Å². The Morgan fingerprint density at radius 1 is 1.22 bits per heavy atom. The predicted octanol–water partition coefficient (Wildman–Crippen LogP) is 2.62. The van der Waals surface area contributed by atoms with Gasteiger partial charge in [0.1, 0.15) is 5.76 Å². The van der Waals surface area contributed by atoms with Crippen LogP contribution in [0.5, 0.6) is 0 Å². The number of carbonyl (C=O) groups excluding carboxylic acids is 1. The highest BCUT2D eigenvalue weighted by Crippen LogP contribution is 2.40. The number of fused-ring (bicyclic) bond motifs is 2. The zero-order valence-electron chi connectivity index (χ0n) is 16.4. The van der Waals surface area contributed by atoms with Crippen LogP contribution in [0.15, 0.2) is 10.6 Å². The Bertz CT molecular complexity index is 671. The van der Waals surface area contributed by atoms with E-state index in [9.17, 15) is 4.79 Å². The molecule has 0 radical (unpaired) electrons. The van der Waals surface area contributed by atoms with Crippen LogP contribution < -0.4 is 5.32 Å². The van der Waals surface area contributed by atoms with Crippen LogP contribution in [0.25, 0.3) is 0 Å². The van der Waals surface area contributed by atoms with Crippen molar-refractivity contribution >= 4 is 5.91 Å². The number of piperidine rings is 2. The third-order valence-electron chi connectivity index (χ3n) is 7.15. The number of amides is 1. The molecule has 0 aromatic carbocycles. The van der Waals surface area contributed by atoms with Crippen molar-refractivity contribution in [2.75, 3.05) is 26.7 Å². The van der Waals surface area contributed by atoms with Crippen molar-refractivity contribution in [1.29, 1.82) is 0 Å². The van der Waals surface area contributed by atoms with E-state index in [1.807, 2.05) is 6.07 Å². The Kier molecular flexibility index (Phi) is 4.72. The van der Waals surface area contributed by atoms with Gasteiger partial charge in [0.05, 0.1) is 0 Å². The average Bonchev–Trinajstić information content (AvgIpc) is 3.33. The molecule has 1 unspecified atom stereocenters. The molecule has 4 atom stereocenters. The summed E-state index contributed by atoms with van der Waals surface area (Å²) in [5.41, 5.74) is 0.455. The van der Waals surface area contributed by atoms with Crippen molar-refractivity contribution in [3.05, 3.63) is 17.5 Å². The summed E-state index contributed by atoms with van der Waals surface area (Å²) in [6, 6.07) is 3.40. The van der Waals surface area contributed by atoms with Crippen LogP contribution in [-0.2, 0) is 0 Å². The number of rotatable bonds is 5. The fourth-order valence-corrected chi connectivity index (χ4v) is 5.63. The third-order valence-corrected chi connectivity index (χ3v) is 7.15. The van der Waals surface area contributed by atoms with Crippen molar-refractivity contribution in [2.45, 2.75) is 75.4 Å². The Morgan fingerprint density at radius 2 is 2.00 bits per heavy atom. The number of carbonyl (C=O) groups is 1. The summed E-state index contributed by atoms with van der Waals surface area (Å²) in [5.74, 6) is 2.14. The average molecular weight is 373 g/mol. The molecule has 1 aliphatic carbocycles. The van der Waals surface area contributed by atoms with Crippen LogP contribution in [-0.4, -0.2) is 65.7 Å². The van der Waals surface area contributed by atoms with Crippen molar-refractivity contribution in [1.82, 2.24) is 20.3 Å². The summed E-state index contributed by atoms with van der Waals surface area (Å²) in [5, 5.41) is 7.24. The van der Waals surface area contributed by atoms with E-state index in [4.69, 9.17) is 4.52 Å². The molecule has 5 rings (SSSR count). The van der Waals surface area contributed by atoms with Gasteiger partial charge in [-0.3, -0.25) is 9.69 Å². The van der Waals surface area contributed by atoms with Crippen LogP contribution in [0.2, 0.25) is 0 Å². The van der Waals surface area contributed by atoms with Gasteiger partial charge in [0.2, 0.25) is 0 Å². The first-order chi connectivity index (χ1) is 13.2. The third kappa shape index (κ3) is 3.79. The summed E-state index contributed by atoms with van der Waals surface area (Å²) in [6.07, 6.45) is 9.77. The molecule has 3 aliphatic heterocycles. The van der Waals surface area contributed by atoms with Crippen molar-refractivity contribution in [3.8, 4) is 0 Å². The molecular weight excluding hydrogens is 340 g/mol. The van der Waals surface area contributed by atoms with Crippen molar-refractivity contribution < 1.29 is 9.32 Å². The van der Waals surface area contributed by atoms with Gasteiger partial charge in [0, 0.05) is 43.2 Å². The van der Waals surface area contributed by atoms with Crippen LogP contribution >= 0.6 is 0 Å². The van der Waals surface area contributed by atoms with E-state index < -0.39 is 0 Å². The molecule has 4 fully saturated rings. The van der Waals surface area contributed by atoms with E-state index in [0.717, 1.165) is 37.4 Å². The summed E-state index contributed by atoms with van der Waals surface area (Å²) in [7, 11) is 2.25. The second-order valence-corrected chi connectivity index (χ2v) is 9.38. The molecule has 148 valence electrons. The highest BCUT2D eigenvalue weighted by molar-refractivity contribution is 5.92. The molecule has 4 heterocycles. The molecule has 1 aromatic rings. The van der Waals surface area contributed by atoms with Gasteiger partial charge in [0.25, 0.3) is 5.91 Å². The zero-order chi connectivity index (χ0) is 18.4. The monoisotopic (exact) mass is 372 g/mol. The number of nitrogens with one attached hydrogen (secondary N) is 1. The second-order valence-electron chi connectivity index (χ2n) is 9.38. The molecule has 2 bridgehead atoms. The van der Waals surface area contributed by atoms with Crippen LogP contribution in [0, 0.1) is 5.92 Å². The molecule has 1 saturated carbocycles. The fourth-order valence-electron chi connectivity index (χ4n) is 5.63. The van der Waals surface area contributed by atoms with Crippen LogP contribution in [0.1, 0.15) is 73.5 Å². The van der Waals surface area contributed by atoms with E-state index in [1.165, 1.54) is 45.3 Å². The zero-order valence-corrected chi connectivity index (χ0v) is 16.4. The van der Waals surface area contributed by atoms with E-state index in [2.05, 4.69) is 27.3 Å². The summed E-state index contributed by atoms with van der Waals surface area (Å²) >= 11 is 0. The first-order valence-corrected chi connectivity index (χ1v) is 10.9. The molecule has 6 nitrogen and oxygen atoms in total. The normalized spacial score (nSPS) is 34.7. The summed E-state index contributed by atoms with van der Waals surface area (Å²) < 4.78 is 5.34. The number of hydrogen-bond donors (Lipinski definition) is 1. The Balaban J connectivity index is 1.16. The Morgan fingerprint density at radius 3 is 2.70 bits per heavy atom. The molecule has 3 saturated heterocycles. The second kappa shape index (κ2) is 7.21. The lowest BCUT2D eigenvalue weighted by molar-refractivity contribution is 0.0690. The van der Waals surface area contributed by atoms with Crippen LogP contribution in [0.3, 0.4) is 0 Å². The van der Waals surface area contributed by atoms with Crippen LogP contribution in [0.4, 0.5) is 0 Å². The van der Waals surface area contributed by atoms with Crippen molar-refractivity contribution in [2.24, 2.45) is 5.92 Å². The van der Waals surface area contributed by atoms with Gasteiger partial charge in [-0.15, -0.1) is 0 Å². The highest BCUT2D eigenvalue weighted by atomic mass is 16.5. The quantitative estimate of drug-likeness (QED) is 0.861. The first kappa shape index (κ1) is 17.7. The minimum Gasteiger partial charge on any atom is -0.360 e. The van der Waals surface area contributed by atoms with E-state index in [-0.39, 0.29) is 11.9 Å². The van der Waals surface area contributed by atoms with Gasteiger partial charge < -0.3 is 14.7 Å². The van der Waals surface area contributed by atoms with Gasteiger partial charge in [-0.2, -0.15) is 0 Å². The Hall–Kier alpha value is -1.40. The largest absolute Gasteiger partial charge is 0.360 e. The minimum absolute atomic E-state index is 0.0580. The maximum atomic E-state index is 12.6. The van der Waals surface area contributed by atoms with Gasteiger partial charge in [0.15, 0.2) is 5.69 Å². The van der Waals surface area contributed by atoms with Gasteiger partial charge in [-0.1, -0.05) is 5.16 Å². The van der Waals surface area contributed by atoms with Gasteiger partial charge in [-0.05, 0) is 70.9 Å². The number of aromatic nitrogens is 1. The summed E-state index contributed by atoms with van der Waals surface area (Å²) in [4.78, 5) is 17.8. The fraction of sp³-hybridized carbons (Fsp3) is 0.810. The highest BCUT2D eigenvalue weighted by Gasteiger charge is 2.42. The molecule has 27 heavy (non-hydrogen) atoms. The lowest BCUT2D eigenvalue weighted by Gasteiger charge is -2.42. The molecular formula is C21H32N4O2. The Labute approximate surface area is 161 Å². The lowest BCUT2D eigenvalue weighted by Crippen LogP contribution is -2.52. The van der Waals surface area contributed by atoms with E-state index in [0.29, 0.717) is 23.7 Å². The number of hydrogen-bond acceptors (Lipinski definition) is 5. The predicted molar refractivity (Wildman–Crippen MR) is 103 cm³/mol. The molecule has 6 heteroatoms. The maximum Gasteiger partial charge on any atom is 0.273 e. The maximum absolute atomic E-state index is 12.6. The van der Waals surface area contributed by atoms with E-state index in [1.54, 1.807) is 0 Å². The number of likely N-dealkylation sites (tertiary alicyclic amines) is 1. The van der Waals surface area contributed by atoms with Crippen molar-refractivity contribution in [3.63, 3.8) is 0 Å². The minimum atomic E-state index is -0.0580. The lowest BCUT2D eigenvalue weighted by atomic mass is 9.92. The molecule has 0 spiro atoms. The SMILES string of the molecule is CN1CCC[C@H](CN2[C@@H]3CC[C@H]2CC(NC(=O)c2cc(C4CC4)on2)C3)C1. The smallest absolute Gasteiger partial charge is 0.273 e. The number of nitrogens with zero attached hydrogens (tertiary/aromatic N) is 3.